The van der Waals surface area contributed by atoms with E-state index in [9.17, 15) is 9.90 Å². The minimum atomic E-state index is -1.50. The lowest BCUT2D eigenvalue weighted by Crippen LogP contribution is -2.46. The first kappa shape index (κ1) is 16.1. The van der Waals surface area contributed by atoms with E-state index in [1.807, 2.05) is 30.3 Å². The predicted octanol–water partition coefficient (Wildman–Crippen LogP) is 2.84. The largest absolute Gasteiger partial charge is 0.458 e. The average Bonchev–Trinajstić information content (AvgIpc) is 3.32. The Morgan fingerprint density at radius 3 is 2.46 bits per heavy atom. The standard InChI is InChI=1S/C20H27NO3/c1-21-16-11-12-17(21)18(13-16)24-19(22)20(23,15-9-5-6-10-15)14-7-3-2-4-8-14/h2-4,7-8,15-18,23H,5-6,9-13H2,1H3/t16?,17-,18+,20+/m1/s1. The lowest BCUT2D eigenvalue weighted by atomic mass is 9.80. The Morgan fingerprint density at radius 1 is 1.17 bits per heavy atom. The molecule has 1 N–H and O–H groups in total. The molecule has 2 bridgehead atoms. The van der Waals surface area contributed by atoms with Gasteiger partial charge >= 0.3 is 5.97 Å². The molecule has 1 aromatic carbocycles. The van der Waals surface area contributed by atoms with Crippen LogP contribution in [0.25, 0.3) is 0 Å². The Kier molecular flexibility index (Phi) is 4.13. The summed E-state index contributed by atoms with van der Waals surface area (Å²) in [6.07, 6.45) is 7.04. The molecule has 1 unspecified atom stereocenters. The van der Waals surface area contributed by atoms with Crippen LogP contribution in [0.2, 0.25) is 0 Å². The summed E-state index contributed by atoms with van der Waals surface area (Å²) in [6, 6.07) is 10.2. The number of carbonyl (C=O) groups is 1. The highest BCUT2D eigenvalue weighted by Gasteiger charge is 2.52. The van der Waals surface area contributed by atoms with E-state index >= 15 is 0 Å². The number of nitrogens with zero attached hydrogens (tertiary/aromatic N) is 1. The molecule has 2 saturated heterocycles. The van der Waals surface area contributed by atoms with E-state index in [1.165, 1.54) is 6.42 Å². The maximum absolute atomic E-state index is 13.1. The lowest BCUT2D eigenvalue weighted by molar-refractivity contribution is -0.180. The van der Waals surface area contributed by atoms with Crippen molar-refractivity contribution in [3.05, 3.63) is 35.9 Å². The molecule has 4 heteroatoms. The van der Waals surface area contributed by atoms with Gasteiger partial charge in [0.25, 0.3) is 0 Å². The summed E-state index contributed by atoms with van der Waals surface area (Å²) in [5.74, 6) is -0.477. The van der Waals surface area contributed by atoms with Crippen LogP contribution in [0, 0.1) is 5.92 Å². The third-order valence-corrected chi connectivity index (χ3v) is 6.56. The molecule has 0 amide bonds. The van der Waals surface area contributed by atoms with E-state index in [2.05, 4.69) is 11.9 Å². The number of ether oxygens (including phenoxy) is 1. The number of benzene rings is 1. The number of likely N-dealkylation sites (N-methyl/N-ethyl adjacent to an activating group) is 1. The van der Waals surface area contributed by atoms with Crippen LogP contribution in [0.3, 0.4) is 0 Å². The van der Waals surface area contributed by atoms with Gasteiger partial charge in [-0.1, -0.05) is 43.2 Å². The Bertz CT molecular complexity index is 598. The van der Waals surface area contributed by atoms with Gasteiger partial charge in [0.05, 0.1) is 0 Å². The highest BCUT2D eigenvalue weighted by atomic mass is 16.6. The van der Waals surface area contributed by atoms with Gasteiger partial charge in [-0.3, -0.25) is 4.90 Å². The second-order valence-electron chi connectivity index (χ2n) is 7.76. The topological polar surface area (TPSA) is 49.8 Å². The van der Waals surface area contributed by atoms with Gasteiger partial charge in [-0.25, -0.2) is 4.79 Å². The number of aliphatic hydroxyl groups is 1. The minimum absolute atomic E-state index is 0.0382. The summed E-state index contributed by atoms with van der Waals surface area (Å²) in [7, 11) is 2.12. The zero-order valence-corrected chi connectivity index (χ0v) is 14.4. The van der Waals surface area contributed by atoms with Crippen molar-refractivity contribution in [3.8, 4) is 0 Å². The molecule has 3 fully saturated rings. The van der Waals surface area contributed by atoms with E-state index in [-0.39, 0.29) is 12.0 Å². The molecule has 0 aromatic heterocycles. The molecular formula is C20H27NO3. The first-order chi connectivity index (χ1) is 11.6. The SMILES string of the molecule is CN1C2CC[C@@H]1[C@@H](OC(=O)[C@](O)(c1ccccc1)C1CCCC1)C2. The Morgan fingerprint density at radius 2 is 1.88 bits per heavy atom. The van der Waals surface area contributed by atoms with Crippen molar-refractivity contribution in [2.45, 2.75) is 68.7 Å². The van der Waals surface area contributed by atoms with E-state index in [0.717, 1.165) is 38.5 Å². The van der Waals surface area contributed by atoms with Crippen LogP contribution >= 0.6 is 0 Å². The van der Waals surface area contributed by atoms with Crippen LogP contribution in [0.4, 0.5) is 0 Å². The van der Waals surface area contributed by atoms with Crippen molar-refractivity contribution in [2.75, 3.05) is 7.05 Å². The van der Waals surface area contributed by atoms with Gasteiger partial charge in [0.15, 0.2) is 5.60 Å². The second-order valence-corrected chi connectivity index (χ2v) is 7.76. The summed E-state index contributed by atoms with van der Waals surface area (Å²) in [5.41, 5.74) is -0.823. The number of rotatable bonds is 4. The summed E-state index contributed by atoms with van der Waals surface area (Å²) >= 11 is 0. The monoisotopic (exact) mass is 329 g/mol. The normalized spacial score (nSPS) is 32.8. The molecule has 4 atom stereocenters. The van der Waals surface area contributed by atoms with Crippen molar-refractivity contribution >= 4 is 5.97 Å². The third-order valence-electron chi connectivity index (χ3n) is 6.56. The number of fused-ring (bicyclic) bond motifs is 2. The van der Waals surface area contributed by atoms with Gasteiger partial charge in [-0.2, -0.15) is 0 Å². The Labute approximate surface area is 143 Å². The van der Waals surface area contributed by atoms with Crippen LogP contribution in [-0.4, -0.2) is 41.2 Å². The highest BCUT2D eigenvalue weighted by Crippen LogP contribution is 2.43. The first-order valence-electron chi connectivity index (χ1n) is 9.31. The van der Waals surface area contributed by atoms with E-state index in [1.54, 1.807) is 0 Å². The zero-order valence-electron chi connectivity index (χ0n) is 14.4. The van der Waals surface area contributed by atoms with E-state index < -0.39 is 11.6 Å². The highest BCUT2D eigenvalue weighted by molar-refractivity contribution is 5.82. The third kappa shape index (κ3) is 2.47. The Hall–Kier alpha value is -1.39. The van der Waals surface area contributed by atoms with Gasteiger partial charge in [0.1, 0.15) is 6.10 Å². The molecule has 0 spiro atoms. The molecular weight excluding hydrogens is 302 g/mol. The van der Waals surface area contributed by atoms with Crippen LogP contribution in [0.1, 0.15) is 50.5 Å². The number of carbonyl (C=O) groups excluding carboxylic acids is 1. The summed E-state index contributed by atoms with van der Waals surface area (Å²) in [5, 5.41) is 11.5. The maximum Gasteiger partial charge on any atom is 0.343 e. The van der Waals surface area contributed by atoms with Crippen molar-refractivity contribution < 1.29 is 14.6 Å². The van der Waals surface area contributed by atoms with Gasteiger partial charge in [0.2, 0.25) is 0 Å². The lowest BCUT2D eigenvalue weighted by Gasteiger charge is -2.34. The van der Waals surface area contributed by atoms with Gasteiger partial charge in [0, 0.05) is 24.4 Å². The molecule has 4 nitrogen and oxygen atoms in total. The average molecular weight is 329 g/mol. The minimum Gasteiger partial charge on any atom is -0.458 e. The van der Waals surface area contributed by atoms with Gasteiger partial charge in [-0.05, 0) is 38.3 Å². The molecule has 24 heavy (non-hydrogen) atoms. The molecule has 130 valence electrons. The number of esters is 1. The quantitative estimate of drug-likeness (QED) is 0.863. The van der Waals surface area contributed by atoms with Crippen LogP contribution in [0.5, 0.6) is 0 Å². The second kappa shape index (κ2) is 6.16. The van der Waals surface area contributed by atoms with Gasteiger partial charge in [-0.15, -0.1) is 0 Å². The number of hydrogen-bond acceptors (Lipinski definition) is 4. The molecule has 1 aliphatic carbocycles. The molecule has 4 rings (SSSR count). The number of hydrogen-bond donors (Lipinski definition) is 1. The fourth-order valence-electron chi connectivity index (χ4n) is 5.11. The van der Waals surface area contributed by atoms with Crippen molar-refractivity contribution in [1.82, 2.24) is 4.90 Å². The van der Waals surface area contributed by atoms with Crippen molar-refractivity contribution in [3.63, 3.8) is 0 Å². The molecule has 0 radical (unpaired) electrons. The molecule has 3 aliphatic rings. The van der Waals surface area contributed by atoms with Crippen LogP contribution < -0.4 is 0 Å². The fourth-order valence-corrected chi connectivity index (χ4v) is 5.11. The molecule has 1 saturated carbocycles. The maximum atomic E-state index is 13.1. The van der Waals surface area contributed by atoms with Crippen molar-refractivity contribution in [2.24, 2.45) is 5.92 Å². The van der Waals surface area contributed by atoms with Crippen LogP contribution in [0.15, 0.2) is 30.3 Å². The molecule has 2 aliphatic heterocycles. The first-order valence-corrected chi connectivity index (χ1v) is 9.31. The van der Waals surface area contributed by atoms with Crippen molar-refractivity contribution in [1.29, 1.82) is 0 Å². The van der Waals surface area contributed by atoms with Crippen LogP contribution in [-0.2, 0) is 15.1 Å². The molecule has 2 heterocycles. The summed E-state index contributed by atoms with van der Waals surface area (Å²) in [4.78, 5) is 15.4. The fraction of sp³-hybridized carbons (Fsp3) is 0.650. The molecule has 1 aromatic rings. The summed E-state index contributed by atoms with van der Waals surface area (Å²) in [6.45, 7) is 0. The van der Waals surface area contributed by atoms with Gasteiger partial charge < -0.3 is 9.84 Å². The zero-order chi connectivity index (χ0) is 16.7. The summed E-state index contributed by atoms with van der Waals surface area (Å²) < 4.78 is 5.92. The predicted molar refractivity (Wildman–Crippen MR) is 91.4 cm³/mol. The van der Waals surface area contributed by atoms with E-state index in [0.29, 0.717) is 17.6 Å². The Balaban J connectivity index is 1.58. The smallest absolute Gasteiger partial charge is 0.343 e. The van der Waals surface area contributed by atoms with E-state index in [4.69, 9.17) is 4.74 Å².